The van der Waals surface area contributed by atoms with E-state index in [9.17, 15) is 0 Å². The molecule has 0 atom stereocenters. The van der Waals surface area contributed by atoms with Gasteiger partial charge in [0.2, 0.25) is 0 Å². The van der Waals surface area contributed by atoms with Crippen LogP contribution in [-0.2, 0) is 7.05 Å². The van der Waals surface area contributed by atoms with E-state index in [1.807, 2.05) is 29.4 Å². The van der Waals surface area contributed by atoms with E-state index < -0.39 is 0 Å². The molecule has 0 radical (unpaired) electrons. The first kappa shape index (κ1) is 11.5. The molecule has 4 nitrogen and oxygen atoms in total. The zero-order chi connectivity index (χ0) is 13.7. The Morgan fingerprint density at radius 3 is 2.90 bits per heavy atom. The van der Waals surface area contributed by atoms with E-state index in [1.54, 1.807) is 11.5 Å². The summed E-state index contributed by atoms with van der Waals surface area (Å²) in [5.74, 6) is 0. The topological polar surface area (TPSA) is 34.1 Å². The first-order valence-electron chi connectivity index (χ1n) is 6.43. The van der Waals surface area contributed by atoms with Crippen molar-refractivity contribution in [1.82, 2.24) is 13.9 Å². The average Bonchev–Trinajstić information content (AvgIpc) is 3.00. The van der Waals surface area contributed by atoms with Gasteiger partial charge in [0.05, 0.1) is 5.56 Å². The minimum absolute atomic E-state index is 0.979. The van der Waals surface area contributed by atoms with Gasteiger partial charge in [-0.05, 0) is 29.7 Å². The number of fused-ring (bicyclic) bond motifs is 3. The molecule has 4 rings (SSSR count). The molecule has 20 heavy (non-hydrogen) atoms. The molecule has 0 fully saturated rings. The largest absolute Gasteiger partial charge is 0.266 e. The maximum Gasteiger partial charge on any atom is 0.266 e. The van der Waals surface area contributed by atoms with Gasteiger partial charge >= 0.3 is 0 Å². The number of aryl methyl sites for hydroxylation is 2. The normalized spacial score (nSPS) is 11.5. The second kappa shape index (κ2) is 4.11. The Morgan fingerprint density at radius 2 is 2.05 bits per heavy atom. The highest BCUT2D eigenvalue weighted by Gasteiger charge is 2.22. The van der Waals surface area contributed by atoms with Crippen LogP contribution in [0.25, 0.3) is 27.9 Å². The summed E-state index contributed by atoms with van der Waals surface area (Å²) in [6.07, 6.45) is 1.88. The third-order valence-electron chi connectivity index (χ3n) is 3.58. The number of hydrogen-bond donors (Lipinski definition) is 0. The van der Waals surface area contributed by atoms with Crippen LogP contribution in [0.4, 0.5) is 0 Å². The van der Waals surface area contributed by atoms with Gasteiger partial charge in [0, 0.05) is 5.38 Å². The van der Waals surface area contributed by atoms with Gasteiger partial charge in [-0.25, -0.2) is 8.77 Å². The van der Waals surface area contributed by atoms with Gasteiger partial charge < -0.3 is 0 Å². The third-order valence-corrected chi connectivity index (χ3v) is 4.43. The van der Waals surface area contributed by atoms with Crippen LogP contribution in [0.3, 0.4) is 0 Å². The fourth-order valence-electron chi connectivity index (χ4n) is 2.59. The highest BCUT2D eigenvalue weighted by Crippen LogP contribution is 2.28. The summed E-state index contributed by atoms with van der Waals surface area (Å²) in [6, 6.07) is 10.4. The Labute approximate surface area is 120 Å². The van der Waals surface area contributed by atoms with Crippen molar-refractivity contribution in [2.24, 2.45) is 7.05 Å². The lowest BCUT2D eigenvalue weighted by Gasteiger charge is -2.02. The Kier molecular flexibility index (Phi) is 2.37. The number of aromatic nitrogens is 4. The molecule has 0 N–H and O–H groups in total. The average molecular weight is 281 g/mol. The molecule has 1 aromatic carbocycles. The number of imidazole rings is 1. The van der Waals surface area contributed by atoms with Crippen molar-refractivity contribution < 1.29 is 4.68 Å². The maximum atomic E-state index is 4.77. The van der Waals surface area contributed by atoms with Gasteiger partial charge in [0.1, 0.15) is 17.4 Å². The number of nitrogens with zero attached hydrogens (tertiary/aromatic N) is 4. The fourth-order valence-corrected chi connectivity index (χ4v) is 3.35. The minimum Gasteiger partial charge on any atom is -0.245 e. The molecule has 98 valence electrons. The number of rotatable bonds is 1. The lowest BCUT2D eigenvalue weighted by atomic mass is 10.0. The van der Waals surface area contributed by atoms with E-state index in [4.69, 9.17) is 4.98 Å². The van der Waals surface area contributed by atoms with Crippen LogP contribution in [0, 0.1) is 6.92 Å². The van der Waals surface area contributed by atoms with Crippen molar-refractivity contribution in [3.05, 3.63) is 47.5 Å². The second-order valence-corrected chi connectivity index (χ2v) is 5.69. The van der Waals surface area contributed by atoms with E-state index in [-0.39, 0.29) is 0 Å². The molecule has 5 heteroatoms. The molecule has 0 aliphatic heterocycles. The van der Waals surface area contributed by atoms with E-state index in [0.29, 0.717) is 0 Å². The zero-order valence-corrected chi connectivity index (χ0v) is 12.1. The molecule has 0 bridgehead atoms. The zero-order valence-electron chi connectivity index (χ0n) is 11.2. The Bertz CT molecular complexity index is 936. The van der Waals surface area contributed by atoms with Crippen molar-refractivity contribution in [1.29, 1.82) is 0 Å². The predicted octanol–water partition coefficient (Wildman–Crippen LogP) is 2.74. The van der Waals surface area contributed by atoms with Crippen molar-refractivity contribution >= 4 is 28.2 Å². The van der Waals surface area contributed by atoms with Crippen molar-refractivity contribution in [2.45, 2.75) is 6.92 Å². The van der Waals surface area contributed by atoms with Crippen LogP contribution < -0.4 is 4.68 Å². The second-order valence-electron chi connectivity index (χ2n) is 4.84. The summed E-state index contributed by atoms with van der Waals surface area (Å²) in [6.45, 7) is 2.12. The van der Waals surface area contributed by atoms with Gasteiger partial charge in [-0.2, -0.15) is 0 Å². The van der Waals surface area contributed by atoms with Crippen LogP contribution in [0.1, 0.15) is 5.56 Å². The number of benzene rings is 1. The first-order valence-corrected chi connectivity index (χ1v) is 7.27. The monoisotopic (exact) mass is 281 g/mol. The summed E-state index contributed by atoms with van der Waals surface area (Å²) in [4.78, 5) is 4.77. The quantitative estimate of drug-likeness (QED) is 0.503. The van der Waals surface area contributed by atoms with Gasteiger partial charge in [-0.1, -0.05) is 34.4 Å². The van der Waals surface area contributed by atoms with Gasteiger partial charge in [-0.3, -0.25) is 0 Å². The molecule has 0 unspecified atom stereocenters. The molecule has 4 aromatic rings. The highest BCUT2D eigenvalue weighted by atomic mass is 32.1. The molecule has 0 amide bonds. The molecule has 0 aliphatic rings. The SMILES string of the molecule is Cc1ccccc1-c1c2nc3ccsn3c2cn[n+]1C. The summed E-state index contributed by atoms with van der Waals surface area (Å²) >= 11 is 1.64. The fraction of sp³-hybridized carbons (Fsp3) is 0.133. The smallest absolute Gasteiger partial charge is 0.245 e. The third kappa shape index (κ3) is 1.50. The molecule has 0 spiro atoms. The molecule has 0 saturated heterocycles. The lowest BCUT2D eigenvalue weighted by molar-refractivity contribution is -0.719. The molecular weight excluding hydrogens is 268 g/mol. The highest BCUT2D eigenvalue weighted by molar-refractivity contribution is 7.05. The van der Waals surface area contributed by atoms with Gasteiger partial charge in [0.25, 0.3) is 5.69 Å². The maximum absolute atomic E-state index is 4.77. The Balaban J connectivity index is 2.17. The summed E-state index contributed by atoms with van der Waals surface area (Å²) in [5, 5.41) is 6.53. The molecular formula is C15H13N4S+. The number of hydrogen-bond acceptors (Lipinski definition) is 3. The standard InChI is InChI=1S/C15H13N4S/c1-10-5-3-4-6-11(10)15-14-12(9-16-18(15)2)19-13(17-14)7-8-20-19/h3-9H,1-2H3/q+1. The Hall–Kier alpha value is -2.27. The summed E-state index contributed by atoms with van der Waals surface area (Å²) in [5.41, 5.74) is 6.52. The summed E-state index contributed by atoms with van der Waals surface area (Å²) in [7, 11) is 1.97. The van der Waals surface area contributed by atoms with Crippen LogP contribution in [-0.4, -0.2) is 13.9 Å². The molecule has 3 aromatic heterocycles. The molecule has 0 aliphatic carbocycles. The summed E-state index contributed by atoms with van der Waals surface area (Å²) < 4.78 is 4.02. The van der Waals surface area contributed by atoms with Crippen molar-refractivity contribution in [3.8, 4) is 11.3 Å². The van der Waals surface area contributed by atoms with Crippen LogP contribution in [0.15, 0.2) is 41.9 Å². The van der Waals surface area contributed by atoms with Gasteiger partial charge in [0.15, 0.2) is 12.6 Å². The van der Waals surface area contributed by atoms with Crippen LogP contribution >= 0.6 is 11.5 Å². The van der Waals surface area contributed by atoms with E-state index >= 15 is 0 Å². The first-order chi connectivity index (χ1) is 9.75. The predicted molar refractivity (Wildman–Crippen MR) is 79.7 cm³/mol. The molecule has 3 heterocycles. The van der Waals surface area contributed by atoms with Crippen molar-refractivity contribution in [2.75, 3.05) is 0 Å². The van der Waals surface area contributed by atoms with Crippen molar-refractivity contribution in [3.63, 3.8) is 0 Å². The van der Waals surface area contributed by atoms with E-state index in [0.717, 1.165) is 22.4 Å². The van der Waals surface area contributed by atoms with Crippen LogP contribution in [0.5, 0.6) is 0 Å². The minimum atomic E-state index is 0.979. The van der Waals surface area contributed by atoms with E-state index in [1.165, 1.54) is 11.1 Å². The van der Waals surface area contributed by atoms with Crippen LogP contribution in [0.2, 0.25) is 0 Å². The Morgan fingerprint density at radius 1 is 1.20 bits per heavy atom. The lowest BCUT2D eigenvalue weighted by Crippen LogP contribution is -2.35. The van der Waals surface area contributed by atoms with E-state index in [2.05, 4.69) is 40.1 Å². The van der Waals surface area contributed by atoms with Gasteiger partial charge in [-0.15, -0.1) is 0 Å². The molecule has 0 saturated carbocycles.